The van der Waals surface area contributed by atoms with E-state index in [0.29, 0.717) is 16.0 Å². The molecule has 4 nitrogen and oxygen atoms in total. The average Bonchev–Trinajstić information content (AvgIpc) is 2.91. The first-order chi connectivity index (χ1) is 8.98. The van der Waals surface area contributed by atoms with Crippen LogP contribution < -0.4 is 0 Å². The Kier molecular flexibility index (Phi) is 4.28. The molecule has 1 aromatic rings. The van der Waals surface area contributed by atoms with Crippen LogP contribution in [0.4, 0.5) is 0 Å². The summed E-state index contributed by atoms with van der Waals surface area (Å²) in [7, 11) is -1.80. The van der Waals surface area contributed by atoms with Crippen LogP contribution >= 0.6 is 0 Å². The molecule has 5 heteroatoms. The quantitative estimate of drug-likeness (QED) is 0.920. The largest absolute Gasteiger partial charge is 0.392 e. The zero-order valence-electron chi connectivity index (χ0n) is 11.5. The molecule has 0 heterocycles. The summed E-state index contributed by atoms with van der Waals surface area (Å²) in [6.07, 6.45) is 4.07. The van der Waals surface area contributed by atoms with Gasteiger partial charge >= 0.3 is 0 Å². The minimum absolute atomic E-state index is 0.113. The number of hydrogen-bond acceptors (Lipinski definition) is 3. The van der Waals surface area contributed by atoms with Crippen molar-refractivity contribution in [2.24, 2.45) is 0 Å². The third kappa shape index (κ3) is 2.68. The Morgan fingerprint density at radius 3 is 2.53 bits per heavy atom. The molecule has 0 aliphatic heterocycles. The second kappa shape index (κ2) is 5.61. The van der Waals surface area contributed by atoms with E-state index in [4.69, 9.17) is 0 Å². The maximum atomic E-state index is 12.7. The van der Waals surface area contributed by atoms with Gasteiger partial charge in [0.05, 0.1) is 11.5 Å². The van der Waals surface area contributed by atoms with Crippen molar-refractivity contribution in [3.05, 3.63) is 29.3 Å². The Hall–Kier alpha value is -0.910. The smallest absolute Gasteiger partial charge is 0.243 e. The Bertz CT molecular complexity index is 548. The summed E-state index contributed by atoms with van der Waals surface area (Å²) in [5.41, 5.74) is 1.32. The lowest BCUT2D eigenvalue weighted by Crippen LogP contribution is -2.35. The number of hydrogen-bond donors (Lipinski definition) is 1. The molecule has 1 aromatic carbocycles. The first-order valence-electron chi connectivity index (χ1n) is 6.66. The van der Waals surface area contributed by atoms with Crippen molar-refractivity contribution in [2.45, 2.75) is 50.2 Å². The Balaban J connectivity index is 2.39. The molecule has 1 aliphatic carbocycles. The summed E-state index contributed by atoms with van der Waals surface area (Å²) in [6, 6.07) is 5.18. The van der Waals surface area contributed by atoms with E-state index in [-0.39, 0.29) is 12.6 Å². The van der Waals surface area contributed by atoms with E-state index >= 15 is 0 Å². The maximum Gasteiger partial charge on any atom is 0.243 e. The van der Waals surface area contributed by atoms with Crippen molar-refractivity contribution >= 4 is 10.0 Å². The zero-order valence-corrected chi connectivity index (χ0v) is 12.3. The molecule has 19 heavy (non-hydrogen) atoms. The van der Waals surface area contributed by atoms with E-state index in [0.717, 1.165) is 25.7 Å². The van der Waals surface area contributed by atoms with Crippen LogP contribution in [0.15, 0.2) is 23.1 Å². The minimum atomic E-state index is -3.46. The van der Waals surface area contributed by atoms with Crippen LogP contribution in [0.5, 0.6) is 0 Å². The molecule has 1 N–H and O–H groups in total. The standard InChI is InChI=1S/C14H21NO3S/c1-11-12(10-16)6-5-9-14(11)19(17,18)15(2)13-7-3-4-8-13/h5-6,9,13,16H,3-4,7-8,10H2,1-2H3. The van der Waals surface area contributed by atoms with Crippen molar-refractivity contribution in [3.8, 4) is 0 Å². The second-order valence-corrected chi connectivity index (χ2v) is 7.12. The monoisotopic (exact) mass is 283 g/mol. The van der Waals surface area contributed by atoms with Gasteiger partial charge in [0.2, 0.25) is 10.0 Å². The number of rotatable bonds is 4. The fraction of sp³-hybridized carbons (Fsp3) is 0.571. The molecule has 2 rings (SSSR count). The number of benzene rings is 1. The molecule has 106 valence electrons. The van der Waals surface area contributed by atoms with Crippen LogP contribution in [0.1, 0.15) is 36.8 Å². The van der Waals surface area contributed by atoms with E-state index in [2.05, 4.69) is 0 Å². The zero-order chi connectivity index (χ0) is 14.0. The topological polar surface area (TPSA) is 57.6 Å². The Morgan fingerprint density at radius 2 is 1.95 bits per heavy atom. The minimum Gasteiger partial charge on any atom is -0.392 e. The lowest BCUT2D eigenvalue weighted by atomic mass is 10.1. The van der Waals surface area contributed by atoms with Crippen molar-refractivity contribution in [1.29, 1.82) is 0 Å². The van der Waals surface area contributed by atoms with Crippen molar-refractivity contribution in [1.82, 2.24) is 4.31 Å². The van der Waals surface area contributed by atoms with Gasteiger partial charge in [0.15, 0.2) is 0 Å². The molecule has 1 fully saturated rings. The van der Waals surface area contributed by atoms with E-state index < -0.39 is 10.0 Å². The highest BCUT2D eigenvalue weighted by Gasteiger charge is 2.31. The predicted octanol–water partition coefficient (Wildman–Crippen LogP) is 2.05. The fourth-order valence-corrected chi connectivity index (χ4v) is 4.41. The van der Waals surface area contributed by atoms with Gasteiger partial charge in [0.25, 0.3) is 0 Å². The fourth-order valence-electron chi connectivity index (χ4n) is 2.73. The summed E-state index contributed by atoms with van der Waals surface area (Å²) in [5, 5.41) is 9.25. The van der Waals surface area contributed by atoms with Gasteiger partial charge in [0, 0.05) is 13.1 Å². The molecule has 0 spiro atoms. The lowest BCUT2D eigenvalue weighted by Gasteiger charge is -2.24. The molecular formula is C14H21NO3S. The first kappa shape index (κ1) is 14.5. The molecular weight excluding hydrogens is 262 g/mol. The van der Waals surface area contributed by atoms with Crippen LogP contribution in [0.2, 0.25) is 0 Å². The highest BCUT2D eigenvalue weighted by molar-refractivity contribution is 7.89. The molecule has 0 aromatic heterocycles. The van der Waals surface area contributed by atoms with E-state index in [1.165, 1.54) is 4.31 Å². The first-order valence-corrected chi connectivity index (χ1v) is 8.10. The molecule has 0 bridgehead atoms. The highest BCUT2D eigenvalue weighted by Crippen LogP contribution is 2.29. The summed E-state index contributed by atoms with van der Waals surface area (Å²) in [6.45, 7) is 1.61. The van der Waals surface area contributed by atoms with Gasteiger partial charge in [0.1, 0.15) is 0 Å². The molecule has 0 radical (unpaired) electrons. The Morgan fingerprint density at radius 1 is 1.32 bits per heavy atom. The van der Waals surface area contributed by atoms with Crippen molar-refractivity contribution < 1.29 is 13.5 Å². The number of aliphatic hydroxyl groups excluding tert-OH is 1. The SMILES string of the molecule is Cc1c(CO)cccc1S(=O)(=O)N(C)C1CCCC1. The summed E-state index contributed by atoms with van der Waals surface area (Å²) in [4.78, 5) is 0.313. The van der Waals surface area contributed by atoms with Crippen molar-refractivity contribution in [2.75, 3.05) is 7.05 Å². The van der Waals surface area contributed by atoms with E-state index in [9.17, 15) is 13.5 Å². The molecule has 0 unspecified atom stereocenters. The maximum absolute atomic E-state index is 12.7. The molecule has 1 aliphatic rings. The molecule has 0 saturated heterocycles. The highest BCUT2D eigenvalue weighted by atomic mass is 32.2. The van der Waals surface area contributed by atoms with E-state index in [1.54, 1.807) is 32.2 Å². The molecule has 0 amide bonds. The van der Waals surface area contributed by atoms with Gasteiger partial charge in [-0.25, -0.2) is 8.42 Å². The van der Waals surface area contributed by atoms with Gasteiger partial charge in [-0.05, 0) is 37.0 Å². The van der Waals surface area contributed by atoms with Crippen LogP contribution in [0.3, 0.4) is 0 Å². The molecule has 1 saturated carbocycles. The third-order valence-electron chi connectivity index (χ3n) is 4.06. The summed E-state index contributed by atoms with van der Waals surface area (Å²) >= 11 is 0. The number of nitrogens with zero attached hydrogens (tertiary/aromatic N) is 1. The summed E-state index contributed by atoms with van der Waals surface area (Å²) in [5.74, 6) is 0. The second-order valence-electron chi connectivity index (χ2n) is 5.16. The third-order valence-corrected chi connectivity index (χ3v) is 6.12. The lowest BCUT2D eigenvalue weighted by molar-refractivity contribution is 0.280. The van der Waals surface area contributed by atoms with Crippen LogP contribution in [0, 0.1) is 6.92 Å². The normalized spacial score (nSPS) is 17.3. The molecule has 0 atom stereocenters. The van der Waals surface area contributed by atoms with Gasteiger partial charge < -0.3 is 5.11 Å². The van der Waals surface area contributed by atoms with Gasteiger partial charge in [-0.3, -0.25) is 0 Å². The van der Waals surface area contributed by atoms with Crippen molar-refractivity contribution in [3.63, 3.8) is 0 Å². The number of aliphatic hydroxyl groups is 1. The van der Waals surface area contributed by atoms with Crippen LogP contribution in [0.25, 0.3) is 0 Å². The summed E-state index contributed by atoms with van der Waals surface area (Å²) < 4.78 is 26.8. The predicted molar refractivity (Wildman–Crippen MR) is 74.3 cm³/mol. The van der Waals surface area contributed by atoms with Gasteiger partial charge in [-0.15, -0.1) is 0 Å². The van der Waals surface area contributed by atoms with Gasteiger partial charge in [-0.1, -0.05) is 25.0 Å². The van der Waals surface area contributed by atoms with Gasteiger partial charge in [-0.2, -0.15) is 4.31 Å². The van der Waals surface area contributed by atoms with E-state index in [1.807, 2.05) is 0 Å². The average molecular weight is 283 g/mol. The van der Waals surface area contributed by atoms with Crippen LogP contribution in [-0.2, 0) is 16.6 Å². The van der Waals surface area contributed by atoms with Crippen LogP contribution in [-0.4, -0.2) is 30.9 Å². The Labute approximate surface area is 115 Å². The number of sulfonamides is 1.